The van der Waals surface area contributed by atoms with Gasteiger partial charge in [-0.25, -0.2) is 0 Å². The molecule has 37 heavy (non-hydrogen) atoms. The Hall–Kier alpha value is -1.15. The van der Waals surface area contributed by atoms with E-state index < -0.39 is 6.10 Å². The Labute approximate surface area is 229 Å². The number of fused-ring (bicyclic) bond motifs is 5. The molecule has 0 unspecified atom stereocenters. The fraction of sp³-hybridized carbons (Fsp3) is 0.897. The summed E-state index contributed by atoms with van der Waals surface area (Å²) in [6.45, 7) is 9.77. The van der Waals surface area contributed by atoms with Gasteiger partial charge in [0.1, 0.15) is 12.2 Å². The fourth-order valence-corrected chi connectivity index (χ4v) is 10.6. The van der Waals surface area contributed by atoms with Crippen LogP contribution < -0.4 is 0 Å². The summed E-state index contributed by atoms with van der Waals surface area (Å²) in [5.74, 6) is 0.746. The van der Waals surface area contributed by atoms with E-state index in [1.54, 1.807) is 0 Å². The molecule has 4 fully saturated rings. The minimum absolute atomic E-state index is 0.00902. The average molecular weight is 586 g/mol. The second-order valence-electron chi connectivity index (χ2n) is 12.8. The molecular weight excluding hydrogens is 540 g/mol. The summed E-state index contributed by atoms with van der Waals surface area (Å²) >= 11 is 3.97. The van der Waals surface area contributed by atoms with Crippen molar-refractivity contribution in [1.82, 2.24) is 0 Å². The van der Waals surface area contributed by atoms with Gasteiger partial charge >= 0.3 is 17.9 Å². The molecule has 1 N–H and O–H groups in total. The molecule has 4 aliphatic rings. The van der Waals surface area contributed by atoms with Crippen LogP contribution in [0.1, 0.15) is 86.0 Å². The van der Waals surface area contributed by atoms with Crippen molar-refractivity contribution in [1.29, 1.82) is 0 Å². The maximum atomic E-state index is 12.4. The molecule has 0 saturated heterocycles. The monoisotopic (exact) mass is 584 g/mol. The minimum Gasteiger partial charge on any atom is -0.469 e. The summed E-state index contributed by atoms with van der Waals surface area (Å²) in [5, 5.41) is 11.7. The van der Waals surface area contributed by atoms with Crippen LogP contribution in [0.5, 0.6) is 0 Å². The zero-order valence-corrected chi connectivity index (χ0v) is 24.8. The van der Waals surface area contributed by atoms with Crippen LogP contribution in [-0.4, -0.2) is 53.3 Å². The summed E-state index contributed by atoms with van der Waals surface area (Å²) in [5.41, 5.74) is -0.356. The van der Waals surface area contributed by atoms with Gasteiger partial charge in [0.2, 0.25) is 0 Å². The molecule has 0 aromatic carbocycles. The van der Waals surface area contributed by atoms with Crippen LogP contribution >= 0.6 is 15.9 Å². The van der Waals surface area contributed by atoms with Gasteiger partial charge in [-0.3, -0.25) is 14.4 Å². The number of hydrogen-bond donors (Lipinski definition) is 1. The third kappa shape index (κ3) is 4.99. The van der Waals surface area contributed by atoms with Gasteiger partial charge in [0.15, 0.2) is 0 Å². The van der Waals surface area contributed by atoms with E-state index in [2.05, 4.69) is 36.7 Å². The first-order chi connectivity index (χ1) is 17.3. The zero-order valence-electron chi connectivity index (χ0n) is 23.2. The van der Waals surface area contributed by atoms with Gasteiger partial charge in [0.05, 0.1) is 13.2 Å². The number of esters is 3. The van der Waals surface area contributed by atoms with Crippen LogP contribution in [0.2, 0.25) is 0 Å². The van der Waals surface area contributed by atoms with Crippen LogP contribution in [-0.2, 0) is 28.6 Å². The zero-order chi connectivity index (χ0) is 27.3. The van der Waals surface area contributed by atoms with E-state index in [1.807, 2.05) is 0 Å². The molecule has 0 radical (unpaired) electrons. The maximum absolute atomic E-state index is 12.4. The van der Waals surface area contributed by atoms with Crippen molar-refractivity contribution in [2.24, 2.45) is 46.3 Å². The molecule has 4 saturated carbocycles. The fourth-order valence-electron chi connectivity index (χ4n) is 9.45. The van der Waals surface area contributed by atoms with Crippen molar-refractivity contribution < 1.29 is 33.7 Å². The van der Waals surface area contributed by atoms with Crippen molar-refractivity contribution in [3.8, 4) is 0 Å². The van der Waals surface area contributed by atoms with Crippen molar-refractivity contribution >= 4 is 33.8 Å². The van der Waals surface area contributed by atoms with E-state index in [0.717, 1.165) is 38.5 Å². The maximum Gasteiger partial charge on any atom is 0.305 e. The molecule has 7 nitrogen and oxygen atoms in total. The third-order valence-electron chi connectivity index (χ3n) is 11.2. The molecule has 0 aromatic heterocycles. The van der Waals surface area contributed by atoms with Gasteiger partial charge in [-0.1, -0.05) is 36.7 Å². The molecule has 12 atom stereocenters. The lowest BCUT2D eigenvalue weighted by Crippen LogP contribution is -2.66. The van der Waals surface area contributed by atoms with Gasteiger partial charge in [0.25, 0.3) is 0 Å². The number of hydrogen-bond acceptors (Lipinski definition) is 7. The van der Waals surface area contributed by atoms with Crippen LogP contribution in [0.3, 0.4) is 0 Å². The second-order valence-corrected chi connectivity index (χ2v) is 13.9. The minimum atomic E-state index is -0.532. The van der Waals surface area contributed by atoms with E-state index in [0.29, 0.717) is 24.7 Å². The van der Waals surface area contributed by atoms with Gasteiger partial charge in [0, 0.05) is 30.5 Å². The number of halogens is 1. The molecule has 0 bridgehead atoms. The number of rotatable bonds is 6. The molecule has 0 aromatic rings. The molecule has 0 heterocycles. The predicted octanol–water partition coefficient (Wildman–Crippen LogP) is 5.05. The Kier molecular flexibility index (Phi) is 8.41. The van der Waals surface area contributed by atoms with Crippen LogP contribution in [0.25, 0.3) is 0 Å². The summed E-state index contributed by atoms with van der Waals surface area (Å²) in [7, 11) is 1.43. The van der Waals surface area contributed by atoms with E-state index in [4.69, 9.17) is 14.2 Å². The average Bonchev–Trinajstić information content (AvgIpc) is 3.19. The standard InChI is InChI=1S/C29H45BrO7/c1-15(7-10-24(33)35-6)19-8-9-20-25-21(14-23(29(19,20)5)37-17(3)32)28(4)12-11-18(36-16(2)31)13-22(28)27(34)26(25)30/h15,18-23,25-27,34H,7-14H2,1-6H3/t15-,18-,19-,20+,21+,22+,23+,25+,26+,27+,28-,29-/m1/s1. The van der Waals surface area contributed by atoms with Crippen molar-refractivity contribution in [3.05, 3.63) is 0 Å². The quantitative estimate of drug-likeness (QED) is 0.265. The number of carbonyl (C=O) groups excluding carboxylic acids is 3. The number of methoxy groups -OCH3 is 1. The van der Waals surface area contributed by atoms with Crippen LogP contribution in [0.15, 0.2) is 0 Å². The van der Waals surface area contributed by atoms with Gasteiger partial charge in [-0.05, 0) is 85.9 Å². The smallest absolute Gasteiger partial charge is 0.305 e. The predicted molar refractivity (Wildman–Crippen MR) is 142 cm³/mol. The van der Waals surface area contributed by atoms with Crippen molar-refractivity contribution in [2.75, 3.05) is 7.11 Å². The molecular formula is C29H45BrO7. The van der Waals surface area contributed by atoms with Gasteiger partial charge < -0.3 is 19.3 Å². The van der Waals surface area contributed by atoms with Crippen LogP contribution in [0, 0.1) is 46.3 Å². The molecule has 0 spiro atoms. The van der Waals surface area contributed by atoms with E-state index in [-0.39, 0.29) is 69.4 Å². The molecule has 0 amide bonds. The second kappa shape index (κ2) is 10.8. The van der Waals surface area contributed by atoms with E-state index in [1.165, 1.54) is 21.0 Å². The molecule has 210 valence electrons. The number of carbonyl (C=O) groups is 3. The van der Waals surface area contributed by atoms with Crippen molar-refractivity contribution in [2.45, 2.75) is 109 Å². The lowest BCUT2D eigenvalue weighted by Gasteiger charge is -2.65. The van der Waals surface area contributed by atoms with Crippen LogP contribution in [0.4, 0.5) is 0 Å². The lowest BCUT2D eigenvalue weighted by atomic mass is 9.43. The lowest BCUT2D eigenvalue weighted by molar-refractivity contribution is -0.211. The highest BCUT2D eigenvalue weighted by molar-refractivity contribution is 9.09. The number of aliphatic hydroxyl groups is 1. The normalized spacial score (nSPS) is 45.6. The highest BCUT2D eigenvalue weighted by Crippen LogP contribution is 2.69. The van der Waals surface area contributed by atoms with Gasteiger partial charge in [-0.15, -0.1) is 0 Å². The topological polar surface area (TPSA) is 99.1 Å². The summed E-state index contributed by atoms with van der Waals surface area (Å²) in [6.07, 6.45) is 5.40. The third-order valence-corrected chi connectivity index (χ3v) is 12.3. The summed E-state index contributed by atoms with van der Waals surface area (Å²) in [6, 6.07) is 0. The first-order valence-electron chi connectivity index (χ1n) is 14.1. The Morgan fingerprint density at radius 1 is 1.00 bits per heavy atom. The molecule has 4 rings (SSSR count). The van der Waals surface area contributed by atoms with Gasteiger partial charge in [-0.2, -0.15) is 0 Å². The Morgan fingerprint density at radius 2 is 1.68 bits per heavy atom. The Balaban J connectivity index is 1.66. The highest BCUT2D eigenvalue weighted by Gasteiger charge is 2.68. The number of aliphatic hydroxyl groups excluding tert-OH is 1. The molecule has 8 heteroatoms. The summed E-state index contributed by atoms with van der Waals surface area (Å²) < 4.78 is 16.6. The SMILES string of the molecule is COC(=O)CC[C@@H](C)[C@H]1CC[C@H]2[C@@H]3[C@H](Br)[C@@H](O)[C@@H]4C[C@H](OC(C)=O)CC[C@]4(C)[C@H]3C[C@H](OC(C)=O)[C@]12C. The molecule has 4 aliphatic carbocycles. The largest absolute Gasteiger partial charge is 0.469 e. The van der Waals surface area contributed by atoms with Crippen molar-refractivity contribution in [3.63, 3.8) is 0 Å². The number of ether oxygens (including phenoxy) is 3. The Morgan fingerprint density at radius 3 is 2.30 bits per heavy atom. The van der Waals surface area contributed by atoms with E-state index in [9.17, 15) is 19.5 Å². The highest BCUT2D eigenvalue weighted by atomic mass is 79.9. The first-order valence-corrected chi connectivity index (χ1v) is 15.0. The van der Waals surface area contributed by atoms with E-state index >= 15 is 0 Å². The first kappa shape index (κ1) is 28.8. The molecule has 0 aliphatic heterocycles. The number of alkyl halides is 1. The summed E-state index contributed by atoms with van der Waals surface area (Å²) in [4.78, 5) is 35.8. The Bertz CT molecular complexity index is 893.